The van der Waals surface area contributed by atoms with Crippen LogP contribution in [-0.2, 0) is 0 Å². The maximum absolute atomic E-state index is 5.59. The van der Waals surface area contributed by atoms with Gasteiger partial charge in [0.15, 0.2) is 5.82 Å². The van der Waals surface area contributed by atoms with Crippen molar-refractivity contribution in [2.75, 3.05) is 23.7 Å². The number of hydrogen-bond acceptors (Lipinski definition) is 7. The van der Waals surface area contributed by atoms with Crippen molar-refractivity contribution in [3.05, 3.63) is 61.1 Å². The summed E-state index contributed by atoms with van der Waals surface area (Å²) >= 11 is 1.65. The number of nitrogens with two attached hydrogens (primary N) is 1. The molecule has 0 unspecified atom stereocenters. The van der Waals surface area contributed by atoms with Crippen LogP contribution in [0.1, 0.15) is 0 Å². The molecule has 6 nitrogen and oxygen atoms in total. The van der Waals surface area contributed by atoms with Gasteiger partial charge in [0.1, 0.15) is 10.5 Å². The van der Waals surface area contributed by atoms with Crippen molar-refractivity contribution in [2.24, 2.45) is 5.73 Å². The van der Waals surface area contributed by atoms with Crippen LogP contribution in [0.4, 0.5) is 17.2 Å². The first kappa shape index (κ1) is 16.4. The van der Waals surface area contributed by atoms with E-state index < -0.39 is 0 Å². The van der Waals surface area contributed by atoms with Gasteiger partial charge in [-0.05, 0) is 12.1 Å². The molecular formula is C19H18N6S. The molecule has 0 aliphatic heterocycles. The SMILES string of the molecule is NCCNc1ccncc1Nc1nccc2sc(-c3ccccc3)nc12. The van der Waals surface area contributed by atoms with Crippen LogP contribution in [-0.4, -0.2) is 28.0 Å². The molecule has 0 atom stereocenters. The van der Waals surface area contributed by atoms with E-state index in [0.717, 1.165) is 32.2 Å². The van der Waals surface area contributed by atoms with Crippen molar-refractivity contribution in [1.29, 1.82) is 0 Å². The topological polar surface area (TPSA) is 88.8 Å². The summed E-state index contributed by atoms with van der Waals surface area (Å²) in [6, 6.07) is 14.1. The van der Waals surface area contributed by atoms with Gasteiger partial charge in [-0.2, -0.15) is 0 Å². The van der Waals surface area contributed by atoms with Crippen molar-refractivity contribution in [2.45, 2.75) is 0 Å². The van der Waals surface area contributed by atoms with Gasteiger partial charge in [-0.1, -0.05) is 30.3 Å². The van der Waals surface area contributed by atoms with Crippen molar-refractivity contribution < 1.29 is 0 Å². The number of nitrogens with zero attached hydrogens (tertiary/aromatic N) is 3. The average molecular weight is 362 g/mol. The lowest BCUT2D eigenvalue weighted by Crippen LogP contribution is -2.14. The lowest BCUT2D eigenvalue weighted by atomic mass is 10.2. The highest BCUT2D eigenvalue weighted by molar-refractivity contribution is 7.21. The van der Waals surface area contributed by atoms with E-state index in [1.54, 1.807) is 29.9 Å². The molecule has 0 aliphatic rings. The smallest absolute Gasteiger partial charge is 0.157 e. The van der Waals surface area contributed by atoms with Gasteiger partial charge in [-0.25, -0.2) is 9.97 Å². The summed E-state index contributed by atoms with van der Waals surface area (Å²) in [5, 5.41) is 7.62. The summed E-state index contributed by atoms with van der Waals surface area (Å²) in [7, 11) is 0. The van der Waals surface area contributed by atoms with Crippen molar-refractivity contribution in [3.8, 4) is 10.6 Å². The number of nitrogens with one attached hydrogen (secondary N) is 2. The van der Waals surface area contributed by atoms with Gasteiger partial charge in [-0.15, -0.1) is 11.3 Å². The van der Waals surface area contributed by atoms with Crippen LogP contribution in [0.15, 0.2) is 61.1 Å². The normalized spacial score (nSPS) is 10.8. The standard InChI is InChI=1S/C19H18N6S/c20-8-11-22-14-6-9-21-12-15(14)24-18-17-16(7-10-23-18)26-19(25-17)13-4-2-1-3-5-13/h1-7,9-10,12H,8,11,20H2,(H,21,22)(H,23,24). The summed E-state index contributed by atoms with van der Waals surface area (Å²) in [4.78, 5) is 13.5. The molecule has 26 heavy (non-hydrogen) atoms. The van der Waals surface area contributed by atoms with Crippen LogP contribution in [0.2, 0.25) is 0 Å². The van der Waals surface area contributed by atoms with Gasteiger partial charge in [0.25, 0.3) is 0 Å². The Morgan fingerprint density at radius 3 is 2.73 bits per heavy atom. The summed E-state index contributed by atoms with van der Waals surface area (Å²) in [6.45, 7) is 1.24. The Hall–Kier alpha value is -3.03. The molecule has 0 bridgehead atoms. The highest BCUT2D eigenvalue weighted by Crippen LogP contribution is 2.34. The van der Waals surface area contributed by atoms with E-state index in [-0.39, 0.29) is 0 Å². The van der Waals surface area contributed by atoms with E-state index in [9.17, 15) is 0 Å². The van der Waals surface area contributed by atoms with Gasteiger partial charge >= 0.3 is 0 Å². The number of hydrogen-bond donors (Lipinski definition) is 3. The third-order valence-electron chi connectivity index (χ3n) is 3.86. The molecule has 130 valence electrons. The van der Waals surface area contributed by atoms with Crippen LogP contribution in [0, 0.1) is 0 Å². The number of rotatable bonds is 6. The Kier molecular flexibility index (Phi) is 4.72. The fraction of sp³-hybridized carbons (Fsp3) is 0.105. The van der Waals surface area contributed by atoms with Crippen molar-refractivity contribution in [1.82, 2.24) is 15.0 Å². The predicted octanol–water partition coefficient (Wildman–Crippen LogP) is 3.87. The van der Waals surface area contributed by atoms with E-state index in [1.807, 2.05) is 30.3 Å². The Bertz CT molecular complexity index is 1010. The van der Waals surface area contributed by atoms with E-state index >= 15 is 0 Å². The number of anilines is 3. The highest BCUT2D eigenvalue weighted by Gasteiger charge is 2.12. The molecule has 0 amide bonds. The summed E-state index contributed by atoms with van der Waals surface area (Å²) < 4.78 is 1.08. The molecule has 4 aromatic rings. The zero-order chi connectivity index (χ0) is 17.8. The fourth-order valence-corrected chi connectivity index (χ4v) is 3.60. The van der Waals surface area contributed by atoms with Gasteiger partial charge in [0, 0.05) is 31.0 Å². The van der Waals surface area contributed by atoms with Gasteiger partial charge in [-0.3, -0.25) is 4.98 Å². The van der Waals surface area contributed by atoms with Crippen LogP contribution in [0.5, 0.6) is 0 Å². The Balaban J connectivity index is 1.71. The molecule has 4 N–H and O–H groups in total. The fourth-order valence-electron chi connectivity index (χ4n) is 2.63. The molecule has 3 aromatic heterocycles. The zero-order valence-electron chi connectivity index (χ0n) is 14.0. The Morgan fingerprint density at radius 1 is 1.00 bits per heavy atom. The Labute approximate surface area is 155 Å². The molecule has 0 spiro atoms. The van der Waals surface area contributed by atoms with Crippen LogP contribution in [0.3, 0.4) is 0 Å². The number of thiazole rings is 1. The lowest BCUT2D eigenvalue weighted by Gasteiger charge is -2.12. The van der Waals surface area contributed by atoms with E-state index in [4.69, 9.17) is 10.7 Å². The van der Waals surface area contributed by atoms with Crippen molar-refractivity contribution >= 4 is 38.7 Å². The second kappa shape index (κ2) is 7.47. The zero-order valence-corrected chi connectivity index (χ0v) is 14.8. The second-order valence-corrected chi connectivity index (χ2v) is 6.68. The average Bonchev–Trinajstić information content (AvgIpc) is 3.13. The van der Waals surface area contributed by atoms with E-state index in [1.165, 1.54) is 0 Å². The molecule has 0 radical (unpaired) electrons. The molecule has 0 fully saturated rings. The highest BCUT2D eigenvalue weighted by atomic mass is 32.1. The summed E-state index contributed by atoms with van der Waals surface area (Å²) in [5.74, 6) is 0.713. The molecule has 0 saturated carbocycles. The van der Waals surface area contributed by atoms with Crippen molar-refractivity contribution in [3.63, 3.8) is 0 Å². The minimum Gasteiger partial charge on any atom is -0.382 e. The molecule has 0 aliphatic carbocycles. The number of fused-ring (bicyclic) bond motifs is 1. The minimum atomic E-state index is 0.558. The maximum atomic E-state index is 5.59. The number of aromatic nitrogens is 3. The molecule has 1 aromatic carbocycles. The van der Waals surface area contributed by atoms with Crippen LogP contribution < -0.4 is 16.4 Å². The molecule has 7 heteroatoms. The first-order chi connectivity index (χ1) is 12.8. The quantitative estimate of drug-likeness (QED) is 0.482. The molecule has 3 heterocycles. The van der Waals surface area contributed by atoms with Gasteiger partial charge < -0.3 is 16.4 Å². The molecular weight excluding hydrogens is 344 g/mol. The van der Waals surface area contributed by atoms with Gasteiger partial charge in [0.2, 0.25) is 0 Å². The summed E-state index contributed by atoms with van der Waals surface area (Å²) in [5.41, 5.74) is 9.32. The molecule has 0 saturated heterocycles. The Morgan fingerprint density at radius 2 is 1.88 bits per heavy atom. The number of benzene rings is 1. The van der Waals surface area contributed by atoms with Crippen LogP contribution >= 0.6 is 11.3 Å². The minimum absolute atomic E-state index is 0.558. The first-order valence-corrected chi connectivity index (χ1v) is 9.13. The lowest BCUT2D eigenvalue weighted by molar-refractivity contribution is 1.02. The van der Waals surface area contributed by atoms with E-state index in [2.05, 4.69) is 32.7 Å². The third-order valence-corrected chi connectivity index (χ3v) is 4.93. The number of pyridine rings is 2. The first-order valence-electron chi connectivity index (χ1n) is 8.31. The van der Waals surface area contributed by atoms with Gasteiger partial charge in [0.05, 0.1) is 22.3 Å². The van der Waals surface area contributed by atoms with E-state index in [0.29, 0.717) is 18.9 Å². The largest absolute Gasteiger partial charge is 0.382 e. The molecule has 4 rings (SSSR count). The van der Waals surface area contributed by atoms with Crippen LogP contribution in [0.25, 0.3) is 20.8 Å². The second-order valence-electron chi connectivity index (χ2n) is 5.65. The predicted molar refractivity (Wildman–Crippen MR) is 108 cm³/mol. The third kappa shape index (κ3) is 3.35. The monoisotopic (exact) mass is 362 g/mol. The summed E-state index contributed by atoms with van der Waals surface area (Å²) in [6.07, 6.45) is 5.30. The maximum Gasteiger partial charge on any atom is 0.157 e.